The molecule has 0 aliphatic heterocycles. The molecule has 0 saturated heterocycles. The van der Waals surface area contributed by atoms with Crippen molar-refractivity contribution in [2.24, 2.45) is 0 Å². The van der Waals surface area contributed by atoms with Crippen molar-refractivity contribution in [2.75, 3.05) is 6.54 Å². The van der Waals surface area contributed by atoms with E-state index in [-0.39, 0.29) is 5.91 Å². The summed E-state index contributed by atoms with van der Waals surface area (Å²) in [6.07, 6.45) is -0.496. The number of nitrogens with one attached hydrogen (secondary N) is 1. The first kappa shape index (κ1) is 10.2. The van der Waals surface area contributed by atoms with Gasteiger partial charge in [0.2, 0.25) is 0 Å². The molecule has 1 heterocycles. The number of amides is 1. The number of carbonyl (C=O) groups excluding carboxylic acids is 1. The Balaban J connectivity index is 2.54. The SMILES string of the molecule is Cc1ccsc1C(=O)NCC(C)O. The summed E-state index contributed by atoms with van der Waals surface area (Å²) in [5.41, 5.74) is 0.980. The van der Waals surface area contributed by atoms with Crippen molar-refractivity contribution >= 4 is 17.2 Å². The second-order valence-electron chi connectivity index (χ2n) is 2.99. The summed E-state index contributed by atoms with van der Waals surface area (Å²) in [6, 6.07) is 1.90. The standard InChI is InChI=1S/C9H13NO2S/c1-6-3-4-13-8(6)9(12)10-5-7(2)11/h3-4,7,11H,5H2,1-2H3,(H,10,12). The molecule has 72 valence electrons. The van der Waals surface area contributed by atoms with Crippen LogP contribution >= 0.6 is 11.3 Å². The lowest BCUT2D eigenvalue weighted by Crippen LogP contribution is -2.30. The van der Waals surface area contributed by atoms with E-state index in [1.807, 2.05) is 18.4 Å². The van der Waals surface area contributed by atoms with E-state index in [1.54, 1.807) is 6.92 Å². The Labute approximate surface area is 81.4 Å². The van der Waals surface area contributed by atoms with E-state index in [1.165, 1.54) is 11.3 Å². The minimum Gasteiger partial charge on any atom is -0.392 e. The molecule has 2 N–H and O–H groups in total. The van der Waals surface area contributed by atoms with Crippen LogP contribution in [0.5, 0.6) is 0 Å². The van der Waals surface area contributed by atoms with Gasteiger partial charge in [-0.1, -0.05) is 0 Å². The first-order chi connectivity index (χ1) is 6.11. The van der Waals surface area contributed by atoms with Crippen LogP contribution in [-0.2, 0) is 0 Å². The average Bonchev–Trinajstić information content (AvgIpc) is 2.47. The highest BCUT2D eigenvalue weighted by molar-refractivity contribution is 7.12. The van der Waals surface area contributed by atoms with Gasteiger partial charge in [-0.15, -0.1) is 11.3 Å². The summed E-state index contributed by atoms with van der Waals surface area (Å²) in [6.45, 7) is 3.84. The van der Waals surface area contributed by atoms with Crippen LogP contribution in [0.25, 0.3) is 0 Å². The van der Waals surface area contributed by atoms with Crippen LogP contribution in [-0.4, -0.2) is 23.7 Å². The first-order valence-corrected chi connectivity index (χ1v) is 4.99. The van der Waals surface area contributed by atoms with Crippen molar-refractivity contribution in [3.8, 4) is 0 Å². The quantitative estimate of drug-likeness (QED) is 0.767. The van der Waals surface area contributed by atoms with Crippen molar-refractivity contribution in [2.45, 2.75) is 20.0 Å². The van der Waals surface area contributed by atoms with Crippen LogP contribution in [0.2, 0.25) is 0 Å². The molecule has 0 radical (unpaired) electrons. The molecular weight excluding hydrogens is 186 g/mol. The van der Waals surface area contributed by atoms with E-state index >= 15 is 0 Å². The minimum atomic E-state index is -0.496. The lowest BCUT2D eigenvalue weighted by atomic mass is 10.3. The van der Waals surface area contributed by atoms with Gasteiger partial charge >= 0.3 is 0 Å². The van der Waals surface area contributed by atoms with Crippen molar-refractivity contribution in [1.29, 1.82) is 0 Å². The molecule has 0 bridgehead atoms. The fourth-order valence-corrected chi connectivity index (χ4v) is 1.77. The highest BCUT2D eigenvalue weighted by Crippen LogP contribution is 2.14. The third-order valence-corrected chi connectivity index (χ3v) is 2.64. The Bertz CT molecular complexity index is 294. The van der Waals surface area contributed by atoms with Gasteiger partial charge in [0.05, 0.1) is 11.0 Å². The molecule has 0 fully saturated rings. The fraction of sp³-hybridized carbons (Fsp3) is 0.444. The Kier molecular flexibility index (Phi) is 3.45. The molecule has 13 heavy (non-hydrogen) atoms. The highest BCUT2D eigenvalue weighted by Gasteiger charge is 2.09. The van der Waals surface area contributed by atoms with Crippen molar-refractivity contribution in [3.63, 3.8) is 0 Å². The summed E-state index contributed by atoms with van der Waals surface area (Å²) in [5.74, 6) is -0.103. The third-order valence-electron chi connectivity index (χ3n) is 1.63. The Morgan fingerprint density at radius 3 is 2.92 bits per heavy atom. The molecule has 1 unspecified atom stereocenters. The van der Waals surface area contributed by atoms with Gasteiger partial charge in [-0.05, 0) is 30.9 Å². The maximum Gasteiger partial charge on any atom is 0.261 e. The average molecular weight is 199 g/mol. The monoisotopic (exact) mass is 199 g/mol. The molecule has 1 rings (SSSR count). The van der Waals surface area contributed by atoms with E-state index in [4.69, 9.17) is 5.11 Å². The van der Waals surface area contributed by atoms with E-state index in [0.29, 0.717) is 6.54 Å². The number of hydrogen-bond donors (Lipinski definition) is 2. The Morgan fingerprint density at radius 1 is 1.77 bits per heavy atom. The van der Waals surface area contributed by atoms with Gasteiger partial charge < -0.3 is 10.4 Å². The van der Waals surface area contributed by atoms with Gasteiger partial charge in [0.25, 0.3) is 5.91 Å². The number of aryl methyl sites for hydroxylation is 1. The molecule has 3 nitrogen and oxygen atoms in total. The first-order valence-electron chi connectivity index (χ1n) is 4.11. The van der Waals surface area contributed by atoms with E-state index < -0.39 is 6.10 Å². The zero-order valence-corrected chi connectivity index (χ0v) is 8.52. The third kappa shape index (κ3) is 2.82. The van der Waals surface area contributed by atoms with E-state index in [0.717, 1.165) is 10.4 Å². The van der Waals surface area contributed by atoms with Gasteiger partial charge in [-0.2, -0.15) is 0 Å². The number of thiophene rings is 1. The summed E-state index contributed by atoms with van der Waals surface area (Å²) in [5, 5.41) is 13.5. The van der Waals surface area contributed by atoms with E-state index in [2.05, 4.69) is 5.32 Å². The van der Waals surface area contributed by atoms with Crippen molar-refractivity contribution in [3.05, 3.63) is 21.9 Å². The zero-order valence-electron chi connectivity index (χ0n) is 7.70. The van der Waals surface area contributed by atoms with Crippen LogP contribution < -0.4 is 5.32 Å². The van der Waals surface area contributed by atoms with E-state index in [9.17, 15) is 4.79 Å². The van der Waals surface area contributed by atoms with Crippen LogP contribution in [0.1, 0.15) is 22.2 Å². The molecule has 4 heteroatoms. The van der Waals surface area contributed by atoms with Crippen LogP contribution in [0.4, 0.5) is 0 Å². The topological polar surface area (TPSA) is 49.3 Å². The van der Waals surface area contributed by atoms with Crippen molar-refractivity contribution in [1.82, 2.24) is 5.32 Å². The summed E-state index contributed by atoms with van der Waals surface area (Å²) in [4.78, 5) is 12.1. The van der Waals surface area contributed by atoms with Gasteiger partial charge in [0.1, 0.15) is 0 Å². The molecule has 1 atom stereocenters. The lowest BCUT2D eigenvalue weighted by Gasteiger charge is -2.05. The molecule has 1 aromatic rings. The number of rotatable bonds is 3. The van der Waals surface area contributed by atoms with Gasteiger partial charge in [-0.3, -0.25) is 4.79 Å². The molecule has 0 aliphatic carbocycles. The normalized spacial score (nSPS) is 12.5. The maximum atomic E-state index is 11.4. The van der Waals surface area contributed by atoms with Gasteiger partial charge in [0.15, 0.2) is 0 Å². The number of carbonyl (C=O) groups is 1. The summed E-state index contributed by atoms with van der Waals surface area (Å²) < 4.78 is 0. The molecule has 1 amide bonds. The zero-order chi connectivity index (χ0) is 9.84. The second-order valence-corrected chi connectivity index (χ2v) is 3.91. The smallest absolute Gasteiger partial charge is 0.261 e. The molecule has 1 aromatic heterocycles. The predicted molar refractivity (Wildman–Crippen MR) is 53.1 cm³/mol. The predicted octanol–water partition coefficient (Wildman–Crippen LogP) is 1.17. The minimum absolute atomic E-state index is 0.103. The number of aliphatic hydroxyl groups is 1. The Morgan fingerprint density at radius 2 is 2.46 bits per heavy atom. The summed E-state index contributed by atoms with van der Waals surface area (Å²) in [7, 11) is 0. The molecule has 0 aromatic carbocycles. The van der Waals surface area contributed by atoms with Crippen LogP contribution in [0, 0.1) is 6.92 Å². The molecule has 0 saturated carbocycles. The largest absolute Gasteiger partial charge is 0.392 e. The Hall–Kier alpha value is -0.870. The number of hydrogen-bond acceptors (Lipinski definition) is 3. The lowest BCUT2D eigenvalue weighted by molar-refractivity contribution is 0.0927. The molecular formula is C9H13NO2S. The van der Waals surface area contributed by atoms with Gasteiger partial charge in [0, 0.05) is 6.54 Å². The maximum absolute atomic E-state index is 11.4. The van der Waals surface area contributed by atoms with Gasteiger partial charge in [-0.25, -0.2) is 0 Å². The number of aliphatic hydroxyl groups excluding tert-OH is 1. The molecule has 0 aliphatic rings. The fourth-order valence-electron chi connectivity index (χ4n) is 0.926. The summed E-state index contributed by atoms with van der Waals surface area (Å²) >= 11 is 1.42. The van der Waals surface area contributed by atoms with Crippen LogP contribution in [0.15, 0.2) is 11.4 Å². The molecule has 0 spiro atoms. The van der Waals surface area contributed by atoms with Crippen LogP contribution in [0.3, 0.4) is 0 Å². The highest BCUT2D eigenvalue weighted by atomic mass is 32.1. The second kappa shape index (κ2) is 4.39. The van der Waals surface area contributed by atoms with Crippen molar-refractivity contribution < 1.29 is 9.90 Å².